The van der Waals surface area contributed by atoms with Crippen molar-refractivity contribution in [1.29, 1.82) is 0 Å². The van der Waals surface area contributed by atoms with Gasteiger partial charge in [-0.25, -0.2) is 0 Å². The molecule has 130 valence electrons. The summed E-state index contributed by atoms with van der Waals surface area (Å²) in [5, 5.41) is 6.71. The van der Waals surface area contributed by atoms with Gasteiger partial charge in [0, 0.05) is 18.2 Å². The molecule has 0 saturated heterocycles. The maximum Gasteiger partial charge on any atom is 0.251 e. The Labute approximate surface area is 156 Å². The van der Waals surface area contributed by atoms with Gasteiger partial charge >= 0.3 is 0 Å². The minimum atomic E-state index is -0.103. The molecule has 3 rings (SSSR count). The Morgan fingerprint density at radius 2 is 1.64 bits per heavy atom. The van der Waals surface area contributed by atoms with Crippen molar-refractivity contribution in [2.24, 2.45) is 0 Å². The molecule has 0 radical (unpaired) electrons. The monoisotopic (exact) mass is 376 g/mol. The van der Waals surface area contributed by atoms with Gasteiger partial charge in [-0.1, -0.05) is 41.4 Å². The molecule has 6 heteroatoms. The van der Waals surface area contributed by atoms with Crippen molar-refractivity contribution >= 4 is 35.0 Å². The van der Waals surface area contributed by atoms with Crippen molar-refractivity contribution in [3.63, 3.8) is 0 Å². The molecule has 2 aromatic rings. The molecule has 2 aromatic carbocycles. The van der Waals surface area contributed by atoms with E-state index >= 15 is 0 Å². The van der Waals surface area contributed by atoms with Crippen LogP contribution in [-0.2, 0) is 17.8 Å². The molecule has 0 bridgehead atoms. The van der Waals surface area contributed by atoms with Gasteiger partial charge in [0.2, 0.25) is 5.91 Å². The lowest BCUT2D eigenvalue weighted by atomic mass is 10.1. The lowest BCUT2D eigenvalue weighted by Gasteiger charge is -2.08. The minimum absolute atomic E-state index is 0.0438. The first kappa shape index (κ1) is 17.8. The molecule has 1 aliphatic carbocycles. The Bertz CT molecular complexity index is 787. The maximum atomic E-state index is 12.0. The first-order valence-corrected chi connectivity index (χ1v) is 8.87. The van der Waals surface area contributed by atoms with Gasteiger partial charge in [-0.3, -0.25) is 9.59 Å². The third-order valence-electron chi connectivity index (χ3n) is 3.97. The highest BCUT2D eigenvalue weighted by Gasteiger charge is 2.23. The van der Waals surface area contributed by atoms with Crippen LogP contribution in [0.5, 0.6) is 0 Å². The Hall–Kier alpha value is -2.04. The fourth-order valence-electron chi connectivity index (χ4n) is 2.37. The van der Waals surface area contributed by atoms with Gasteiger partial charge in [0.05, 0.1) is 16.5 Å². The van der Waals surface area contributed by atoms with E-state index < -0.39 is 0 Å². The molecule has 4 nitrogen and oxygen atoms in total. The van der Waals surface area contributed by atoms with Crippen molar-refractivity contribution in [2.45, 2.75) is 31.8 Å². The average molecular weight is 377 g/mol. The second-order valence-electron chi connectivity index (χ2n) is 6.15. The lowest BCUT2D eigenvalue weighted by molar-refractivity contribution is -0.120. The third kappa shape index (κ3) is 5.21. The highest BCUT2D eigenvalue weighted by atomic mass is 35.5. The molecule has 0 atom stereocenters. The van der Waals surface area contributed by atoms with Crippen LogP contribution in [0, 0.1) is 0 Å². The van der Waals surface area contributed by atoms with Crippen LogP contribution in [0.4, 0.5) is 0 Å². The number of carbonyl (C=O) groups excluding carboxylic acids is 2. The highest BCUT2D eigenvalue weighted by molar-refractivity contribution is 6.42. The van der Waals surface area contributed by atoms with Gasteiger partial charge in [-0.2, -0.15) is 0 Å². The van der Waals surface area contributed by atoms with Crippen molar-refractivity contribution in [3.05, 3.63) is 69.2 Å². The van der Waals surface area contributed by atoms with Crippen molar-refractivity contribution in [2.75, 3.05) is 0 Å². The fourth-order valence-corrected chi connectivity index (χ4v) is 2.69. The molecule has 0 aromatic heterocycles. The molecular formula is C19H18Cl2N2O2. The van der Waals surface area contributed by atoms with E-state index in [-0.39, 0.29) is 18.2 Å². The Morgan fingerprint density at radius 1 is 0.960 bits per heavy atom. The zero-order valence-corrected chi connectivity index (χ0v) is 15.0. The highest BCUT2D eigenvalue weighted by Crippen LogP contribution is 2.22. The van der Waals surface area contributed by atoms with E-state index in [1.54, 1.807) is 30.3 Å². The Morgan fingerprint density at radius 3 is 2.28 bits per heavy atom. The topological polar surface area (TPSA) is 58.2 Å². The summed E-state index contributed by atoms with van der Waals surface area (Å²) in [5.41, 5.74) is 2.38. The normalized spacial score (nSPS) is 13.4. The largest absolute Gasteiger partial charge is 0.352 e. The number of hydrogen-bond acceptors (Lipinski definition) is 2. The average Bonchev–Trinajstić information content (AvgIpc) is 3.41. The predicted molar refractivity (Wildman–Crippen MR) is 98.9 cm³/mol. The van der Waals surface area contributed by atoms with Crippen LogP contribution in [0.3, 0.4) is 0 Å². The molecule has 0 spiro atoms. The van der Waals surface area contributed by atoms with Gasteiger partial charge in [0.1, 0.15) is 0 Å². The van der Waals surface area contributed by atoms with Crippen LogP contribution in [0.25, 0.3) is 0 Å². The summed E-state index contributed by atoms with van der Waals surface area (Å²) in [6.07, 6.45) is 2.36. The quantitative estimate of drug-likeness (QED) is 0.806. The number of benzene rings is 2. The van der Waals surface area contributed by atoms with E-state index in [1.807, 2.05) is 12.1 Å². The van der Waals surface area contributed by atoms with E-state index in [0.717, 1.165) is 24.0 Å². The van der Waals surface area contributed by atoms with E-state index in [9.17, 15) is 9.59 Å². The van der Waals surface area contributed by atoms with Crippen molar-refractivity contribution in [3.8, 4) is 0 Å². The van der Waals surface area contributed by atoms with Gasteiger partial charge in [-0.05, 0) is 48.2 Å². The number of amides is 2. The second-order valence-corrected chi connectivity index (χ2v) is 6.96. The lowest BCUT2D eigenvalue weighted by Crippen LogP contribution is -2.26. The molecule has 1 saturated carbocycles. The first-order valence-electron chi connectivity index (χ1n) is 8.11. The van der Waals surface area contributed by atoms with E-state index in [2.05, 4.69) is 10.6 Å². The number of carbonyl (C=O) groups is 2. The predicted octanol–water partition coefficient (Wildman–Crippen LogP) is 3.74. The van der Waals surface area contributed by atoms with Crippen LogP contribution in [0.15, 0.2) is 42.5 Å². The van der Waals surface area contributed by atoms with Crippen LogP contribution < -0.4 is 10.6 Å². The molecule has 2 N–H and O–H groups in total. The van der Waals surface area contributed by atoms with Gasteiger partial charge in [0.15, 0.2) is 0 Å². The van der Waals surface area contributed by atoms with Crippen molar-refractivity contribution in [1.82, 2.24) is 10.6 Å². The molecule has 0 aliphatic heterocycles. The van der Waals surface area contributed by atoms with E-state index in [0.29, 0.717) is 28.2 Å². The van der Waals surface area contributed by atoms with E-state index in [1.165, 1.54) is 0 Å². The van der Waals surface area contributed by atoms with Crippen LogP contribution in [-0.4, -0.2) is 17.9 Å². The standard InChI is InChI=1S/C19H18Cl2N2O2/c20-16-8-3-13(9-17(16)21)10-18(24)22-11-12-1-4-14(5-2-12)19(25)23-15-6-7-15/h1-5,8-9,15H,6-7,10-11H2,(H,22,24)(H,23,25). The number of nitrogens with one attached hydrogen (secondary N) is 2. The molecule has 2 amide bonds. The smallest absolute Gasteiger partial charge is 0.251 e. The summed E-state index contributed by atoms with van der Waals surface area (Å²) >= 11 is 11.8. The molecule has 0 unspecified atom stereocenters. The molecule has 0 heterocycles. The number of rotatable bonds is 6. The fraction of sp³-hybridized carbons (Fsp3) is 0.263. The van der Waals surface area contributed by atoms with Crippen LogP contribution in [0.1, 0.15) is 34.3 Å². The van der Waals surface area contributed by atoms with Crippen molar-refractivity contribution < 1.29 is 9.59 Å². The van der Waals surface area contributed by atoms with Gasteiger partial charge in [0.25, 0.3) is 5.91 Å². The summed E-state index contributed by atoms with van der Waals surface area (Å²) in [4.78, 5) is 24.0. The number of hydrogen-bond donors (Lipinski definition) is 2. The third-order valence-corrected chi connectivity index (χ3v) is 4.71. The van der Waals surface area contributed by atoms with Crippen LogP contribution >= 0.6 is 23.2 Å². The maximum absolute atomic E-state index is 12.0. The summed E-state index contributed by atoms with van der Waals surface area (Å²) in [5.74, 6) is -0.147. The Balaban J connectivity index is 1.49. The zero-order chi connectivity index (χ0) is 17.8. The summed E-state index contributed by atoms with van der Waals surface area (Å²) in [6, 6.07) is 12.7. The van der Waals surface area contributed by atoms with Crippen LogP contribution in [0.2, 0.25) is 10.0 Å². The van der Waals surface area contributed by atoms with Gasteiger partial charge < -0.3 is 10.6 Å². The van der Waals surface area contributed by atoms with Gasteiger partial charge in [-0.15, -0.1) is 0 Å². The van der Waals surface area contributed by atoms with E-state index in [4.69, 9.17) is 23.2 Å². The molecule has 25 heavy (non-hydrogen) atoms. The zero-order valence-electron chi connectivity index (χ0n) is 13.5. The summed E-state index contributed by atoms with van der Waals surface area (Å²) < 4.78 is 0. The first-order chi connectivity index (χ1) is 12.0. The molecule has 1 aliphatic rings. The molecule has 1 fully saturated rings. The SMILES string of the molecule is O=C(Cc1ccc(Cl)c(Cl)c1)NCc1ccc(C(=O)NC2CC2)cc1. The Kier molecular flexibility index (Phi) is 5.61. The molecular weight excluding hydrogens is 359 g/mol. The summed E-state index contributed by atoms with van der Waals surface area (Å²) in [7, 11) is 0. The second kappa shape index (κ2) is 7.89. The number of halogens is 2. The summed E-state index contributed by atoms with van der Waals surface area (Å²) in [6.45, 7) is 0.407. The minimum Gasteiger partial charge on any atom is -0.352 e.